The van der Waals surface area contributed by atoms with E-state index in [0.717, 1.165) is 11.4 Å². The molecule has 1 aliphatic heterocycles. The molecule has 1 N–H and O–H groups in total. The summed E-state index contributed by atoms with van der Waals surface area (Å²) in [5.41, 5.74) is 1.67. The van der Waals surface area contributed by atoms with Crippen LogP contribution in [-0.2, 0) is 14.8 Å². The number of hydrogen-bond acceptors (Lipinski definition) is 5. The van der Waals surface area contributed by atoms with Gasteiger partial charge in [0.25, 0.3) is 10.0 Å². The molecule has 0 aliphatic carbocycles. The smallest absolute Gasteiger partial charge is 0.252 e. The predicted molar refractivity (Wildman–Crippen MR) is 113 cm³/mol. The number of nitrogens with zero attached hydrogens (tertiary/aromatic N) is 3. The molecule has 0 atom stereocenters. The van der Waals surface area contributed by atoms with Gasteiger partial charge in [0.05, 0.1) is 11.4 Å². The molecule has 0 radical (unpaired) electrons. The van der Waals surface area contributed by atoms with Crippen LogP contribution in [0.4, 0.5) is 5.82 Å². The summed E-state index contributed by atoms with van der Waals surface area (Å²) in [5.74, 6) is 0.284. The molecule has 1 amide bonds. The number of nitrogens with one attached hydrogen (secondary N) is 1. The van der Waals surface area contributed by atoms with E-state index in [4.69, 9.17) is 0 Å². The van der Waals surface area contributed by atoms with Crippen LogP contribution in [0, 0.1) is 12.8 Å². The number of carbonyl (C=O) groups is 1. The number of hydrogen-bond donors (Lipinski definition) is 1. The van der Waals surface area contributed by atoms with E-state index in [1.54, 1.807) is 22.2 Å². The van der Waals surface area contributed by atoms with E-state index in [0.29, 0.717) is 36.0 Å². The summed E-state index contributed by atoms with van der Waals surface area (Å²) in [7, 11) is -3.46. The van der Waals surface area contributed by atoms with Crippen molar-refractivity contribution in [1.29, 1.82) is 0 Å². The van der Waals surface area contributed by atoms with Crippen molar-refractivity contribution in [3.8, 4) is 5.69 Å². The van der Waals surface area contributed by atoms with Crippen LogP contribution < -0.4 is 5.32 Å². The van der Waals surface area contributed by atoms with Gasteiger partial charge in [-0.1, -0.05) is 24.3 Å². The summed E-state index contributed by atoms with van der Waals surface area (Å²) in [6, 6.07) is 14.8. The molecule has 1 saturated heterocycles. The van der Waals surface area contributed by atoms with Crippen molar-refractivity contribution in [2.24, 2.45) is 5.92 Å². The Morgan fingerprint density at radius 2 is 1.86 bits per heavy atom. The van der Waals surface area contributed by atoms with Crippen LogP contribution in [-0.4, -0.2) is 41.5 Å². The van der Waals surface area contributed by atoms with Gasteiger partial charge in [-0.25, -0.2) is 13.1 Å². The maximum atomic E-state index is 12.8. The predicted octanol–water partition coefficient (Wildman–Crippen LogP) is 3.28. The summed E-state index contributed by atoms with van der Waals surface area (Å²) in [5, 5.41) is 9.20. The molecule has 1 fully saturated rings. The number of rotatable bonds is 5. The molecule has 3 heterocycles. The number of amides is 1. The van der Waals surface area contributed by atoms with Crippen molar-refractivity contribution in [3.63, 3.8) is 0 Å². The molecule has 152 valence electrons. The zero-order valence-electron chi connectivity index (χ0n) is 16.0. The number of sulfonamides is 1. The van der Waals surface area contributed by atoms with E-state index in [1.807, 2.05) is 43.3 Å². The SMILES string of the molecule is Cc1cc(NC(=O)C2CCN(S(=O)(=O)c3cccs3)CC2)n(-c2ccccc2)n1. The second-order valence-corrected chi connectivity index (χ2v) is 10.1. The first-order valence-electron chi connectivity index (χ1n) is 9.42. The van der Waals surface area contributed by atoms with Gasteiger partial charge in [0.2, 0.25) is 5.91 Å². The third kappa shape index (κ3) is 4.12. The summed E-state index contributed by atoms with van der Waals surface area (Å²) in [4.78, 5) is 12.8. The maximum absolute atomic E-state index is 12.8. The fourth-order valence-corrected chi connectivity index (χ4v) is 6.09. The number of carbonyl (C=O) groups excluding carboxylic acids is 1. The van der Waals surface area contributed by atoms with Crippen LogP contribution in [0.25, 0.3) is 5.69 Å². The fourth-order valence-electron chi connectivity index (χ4n) is 3.48. The van der Waals surface area contributed by atoms with Gasteiger partial charge in [0.15, 0.2) is 0 Å². The maximum Gasteiger partial charge on any atom is 0.252 e. The van der Waals surface area contributed by atoms with E-state index >= 15 is 0 Å². The molecule has 0 unspecified atom stereocenters. The van der Waals surface area contributed by atoms with Crippen molar-refractivity contribution in [2.45, 2.75) is 24.0 Å². The average Bonchev–Trinajstić information content (AvgIpc) is 3.39. The molecular weight excluding hydrogens is 408 g/mol. The van der Waals surface area contributed by atoms with Crippen LogP contribution in [0.15, 0.2) is 58.1 Å². The highest BCUT2D eigenvalue weighted by molar-refractivity contribution is 7.91. The number of benzene rings is 1. The highest BCUT2D eigenvalue weighted by Crippen LogP contribution is 2.27. The van der Waals surface area contributed by atoms with Gasteiger partial charge in [-0.05, 0) is 43.3 Å². The summed E-state index contributed by atoms with van der Waals surface area (Å²) < 4.78 is 28.8. The van der Waals surface area contributed by atoms with Gasteiger partial charge < -0.3 is 5.32 Å². The summed E-state index contributed by atoms with van der Waals surface area (Å²) >= 11 is 1.22. The Balaban J connectivity index is 1.43. The number of thiophene rings is 1. The largest absolute Gasteiger partial charge is 0.310 e. The molecule has 9 heteroatoms. The van der Waals surface area contributed by atoms with Crippen molar-refractivity contribution in [2.75, 3.05) is 18.4 Å². The van der Waals surface area contributed by atoms with Gasteiger partial charge in [-0.3, -0.25) is 4.79 Å². The summed E-state index contributed by atoms with van der Waals surface area (Å²) in [6.45, 7) is 2.56. The molecule has 4 rings (SSSR count). The number of aromatic nitrogens is 2. The Hall–Kier alpha value is -2.49. The summed E-state index contributed by atoms with van der Waals surface area (Å²) in [6.07, 6.45) is 0.990. The van der Waals surface area contributed by atoms with Gasteiger partial charge >= 0.3 is 0 Å². The second-order valence-electron chi connectivity index (χ2n) is 7.02. The molecule has 3 aromatic rings. The Bertz CT molecular complexity index is 1080. The van der Waals surface area contributed by atoms with Crippen LogP contribution in [0.3, 0.4) is 0 Å². The second kappa shape index (κ2) is 8.10. The first kappa shape index (κ1) is 19.8. The van der Waals surface area contributed by atoms with Crippen molar-refractivity contribution in [1.82, 2.24) is 14.1 Å². The van der Waals surface area contributed by atoms with Gasteiger partial charge in [0.1, 0.15) is 10.0 Å². The zero-order valence-corrected chi connectivity index (χ0v) is 17.6. The van der Waals surface area contributed by atoms with E-state index in [1.165, 1.54) is 15.6 Å². The van der Waals surface area contributed by atoms with Crippen LogP contribution in [0.2, 0.25) is 0 Å². The Labute approximate surface area is 174 Å². The molecule has 7 nitrogen and oxygen atoms in total. The zero-order chi connectivity index (χ0) is 20.4. The van der Waals surface area contributed by atoms with Crippen LogP contribution in [0.5, 0.6) is 0 Å². The molecule has 1 aliphatic rings. The van der Waals surface area contributed by atoms with E-state index in [-0.39, 0.29) is 11.8 Å². The Kier molecular flexibility index (Phi) is 5.53. The molecule has 0 bridgehead atoms. The minimum absolute atomic E-state index is 0.102. The topological polar surface area (TPSA) is 84.3 Å². The lowest BCUT2D eigenvalue weighted by Crippen LogP contribution is -2.41. The lowest BCUT2D eigenvalue weighted by atomic mass is 9.97. The van der Waals surface area contributed by atoms with E-state index in [2.05, 4.69) is 10.4 Å². The normalized spacial score (nSPS) is 16.0. The molecule has 1 aromatic carbocycles. The quantitative estimate of drug-likeness (QED) is 0.673. The van der Waals surface area contributed by atoms with Crippen molar-refractivity contribution in [3.05, 3.63) is 59.6 Å². The molecular formula is C20H22N4O3S2. The standard InChI is InChI=1S/C20H22N4O3S2/c1-15-14-18(24(22-15)17-6-3-2-4-7-17)21-20(25)16-9-11-23(12-10-16)29(26,27)19-8-5-13-28-19/h2-8,13-14,16H,9-12H2,1H3,(H,21,25). The third-order valence-electron chi connectivity index (χ3n) is 5.00. The molecule has 2 aromatic heterocycles. The average molecular weight is 431 g/mol. The van der Waals surface area contributed by atoms with Crippen molar-refractivity contribution < 1.29 is 13.2 Å². The molecule has 29 heavy (non-hydrogen) atoms. The van der Waals surface area contributed by atoms with Crippen molar-refractivity contribution >= 4 is 33.1 Å². The number of anilines is 1. The van der Waals surface area contributed by atoms with Crippen LogP contribution >= 0.6 is 11.3 Å². The molecule has 0 spiro atoms. The van der Waals surface area contributed by atoms with Gasteiger partial charge in [-0.2, -0.15) is 9.40 Å². The third-order valence-corrected chi connectivity index (χ3v) is 8.27. The van der Waals surface area contributed by atoms with Gasteiger partial charge in [-0.15, -0.1) is 11.3 Å². The number of aryl methyl sites for hydroxylation is 1. The highest BCUT2D eigenvalue weighted by Gasteiger charge is 2.32. The number of piperidine rings is 1. The minimum Gasteiger partial charge on any atom is -0.310 e. The minimum atomic E-state index is -3.46. The highest BCUT2D eigenvalue weighted by atomic mass is 32.2. The fraction of sp³-hybridized carbons (Fsp3) is 0.300. The molecule has 0 saturated carbocycles. The number of para-hydroxylation sites is 1. The Morgan fingerprint density at radius 3 is 2.52 bits per heavy atom. The Morgan fingerprint density at radius 1 is 1.14 bits per heavy atom. The lowest BCUT2D eigenvalue weighted by Gasteiger charge is -2.30. The van der Waals surface area contributed by atoms with E-state index < -0.39 is 10.0 Å². The van der Waals surface area contributed by atoms with E-state index in [9.17, 15) is 13.2 Å². The lowest BCUT2D eigenvalue weighted by molar-refractivity contribution is -0.120. The monoisotopic (exact) mass is 430 g/mol. The van der Waals surface area contributed by atoms with Crippen LogP contribution in [0.1, 0.15) is 18.5 Å². The first-order chi connectivity index (χ1) is 13.9. The first-order valence-corrected chi connectivity index (χ1v) is 11.7. The van der Waals surface area contributed by atoms with Gasteiger partial charge in [0, 0.05) is 25.1 Å².